The molecule has 0 aliphatic heterocycles. The van der Waals surface area contributed by atoms with E-state index in [0.29, 0.717) is 16.7 Å². The van der Waals surface area contributed by atoms with Crippen LogP contribution in [0.4, 0.5) is 0 Å². The van der Waals surface area contributed by atoms with Gasteiger partial charge in [0.25, 0.3) is 0 Å². The van der Waals surface area contributed by atoms with E-state index in [1.165, 1.54) is 0 Å². The number of rotatable bonds is 4. The lowest BCUT2D eigenvalue weighted by atomic mass is 9.94. The van der Waals surface area contributed by atoms with Gasteiger partial charge < -0.3 is 9.13 Å². The van der Waals surface area contributed by atoms with E-state index < -0.39 is 0 Å². The van der Waals surface area contributed by atoms with Crippen LogP contribution in [-0.2, 0) is 0 Å². The number of aromatic nitrogens is 2. The predicted octanol–water partition coefficient (Wildman–Crippen LogP) is 10.8. The number of hydrogen-bond donors (Lipinski definition) is 0. The maximum absolute atomic E-state index is 10.5. The van der Waals surface area contributed by atoms with Crippen molar-refractivity contribution in [3.8, 4) is 51.8 Å². The Labute approximate surface area is 287 Å². The Morgan fingerprint density at radius 3 is 1.90 bits per heavy atom. The van der Waals surface area contributed by atoms with Gasteiger partial charge in [0.2, 0.25) is 0 Å². The summed E-state index contributed by atoms with van der Waals surface area (Å²) in [6.07, 6.45) is 0. The van der Waals surface area contributed by atoms with Crippen molar-refractivity contribution in [1.29, 1.82) is 15.8 Å². The first kappa shape index (κ1) is 28.8. The molecule has 0 N–H and O–H groups in total. The maximum atomic E-state index is 10.5. The van der Waals surface area contributed by atoms with E-state index in [1.54, 1.807) is 0 Å². The van der Waals surface area contributed by atoms with E-state index in [4.69, 9.17) is 0 Å². The second kappa shape index (κ2) is 11.4. The van der Waals surface area contributed by atoms with Crippen LogP contribution < -0.4 is 0 Å². The molecule has 9 aromatic rings. The van der Waals surface area contributed by atoms with Gasteiger partial charge in [-0.15, -0.1) is 0 Å². The molecular formula is C45H25N5. The van der Waals surface area contributed by atoms with Crippen LogP contribution in [0.3, 0.4) is 0 Å². The Bertz CT molecular complexity index is 2970. The average molecular weight is 636 g/mol. The molecule has 2 heterocycles. The summed E-state index contributed by atoms with van der Waals surface area (Å²) in [5.74, 6) is 0. The van der Waals surface area contributed by atoms with Crippen molar-refractivity contribution >= 4 is 43.6 Å². The summed E-state index contributed by atoms with van der Waals surface area (Å²) in [7, 11) is 0. The Kier molecular flexibility index (Phi) is 6.56. The van der Waals surface area contributed by atoms with E-state index >= 15 is 0 Å². The molecule has 0 atom stereocenters. The number of fused-ring (bicyclic) bond motifs is 6. The minimum atomic E-state index is 0.573. The van der Waals surface area contributed by atoms with Crippen molar-refractivity contribution < 1.29 is 0 Å². The highest BCUT2D eigenvalue weighted by atomic mass is 15.0. The highest BCUT2D eigenvalue weighted by molar-refractivity contribution is 6.12. The summed E-state index contributed by atoms with van der Waals surface area (Å²) in [4.78, 5) is 0. The molecule has 0 fully saturated rings. The minimum absolute atomic E-state index is 0.573. The van der Waals surface area contributed by atoms with Crippen LogP contribution in [0.5, 0.6) is 0 Å². The molecule has 5 nitrogen and oxygen atoms in total. The molecule has 230 valence electrons. The van der Waals surface area contributed by atoms with Gasteiger partial charge in [-0.05, 0) is 83.4 Å². The van der Waals surface area contributed by atoms with Gasteiger partial charge in [-0.3, -0.25) is 0 Å². The quantitative estimate of drug-likeness (QED) is 0.193. The van der Waals surface area contributed by atoms with Gasteiger partial charge in [0.05, 0.1) is 62.7 Å². The van der Waals surface area contributed by atoms with Crippen molar-refractivity contribution in [2.75, 3.05) is 0 Å². The Balaban J connectivity index is 1.19. The summed E-state index contributed by atoms with van der Waals surface area (Å²) in [6, 6.07) is 57.8. The maximum Gasteiger partial charge on any atom is 0.0998 e. The first-order chi connectivity index (χ1) is 24.7. The van der Waals surface area contributed by atoms with Crippen molar-refractivity contribution in [3.05, 3.63) is 168 Å². The van der Waals surface area contributed by atoms with Gasteiger partial charge in [-0.2, -0.15) is 15.8 Å². The highest BCUT2D eigenvalue weighted by Crippen LogP contribution is 2.39. The van der Waals surface area contributed by atoms with Gasteiger partial charge in [0.1, 0.15) is 0 Å². The van der Waals surface area contributed by atoms with Crippen molar-refractivity contribution in [2.24, 2.45) is 0 Å². The monoisotopic (exact) mass is 635 g/mol. The summed E-state index contributed by atoms with van der Waals surface area (Å²) in [6.45, 7) is 0. The Morgan fingerprint density at radius 2 is 1.08 bits per heavy atom. The molecule has 0 bridgehead atoms. The lowest BCUT2D eigenvalue weighted by molar-refractivity contribution is 1.18. The van der Waals surface area contributed by atoms with Crippen LogP contribution in [0.1, 0.15) is 16.7 Å². The first-order valence-electron chi connectivity index (χ1n) is 16.3. The van der Waals surface area contributed by atoms with Crippen molar-refractivity contribution in [1.82, 2.24) is 9.13 Å². The third-order valence-electron chi connectivity index (χ3n) is 9.63. The Morgan fingerprint density at radius 1 is 0.400 bits per heavy atom. The van der Waals surface area contributed by atoms with Crippen molar-refractivity contribution in [3.63, 3.8) is 0 Å². The summed E-state index contributed by atoms with van der Waals surface area (Å²) in [5, 5.41) is 34.1. The molecule has 0 spiro atoms. The average Bonchev–Trinajstić information content (AvgIpc) is 3.70. The van der Waals surface area contributed by atoms with Crippen LogP contribution in [0.25, 0.3) is 77.2 Å². The summed E-state index contributed by atoms with van der Waals surface area (Å²) < 4.78 is 4.44. The molecule has 0 aliphatic carbocycles. The van der Waals surface area contributed by atoms with E-state index in [2.05, 4.69) is 88.0 Å². The lowest BCUT2D eigenvalue weighted by Gasteiger charge is -2.15. The first-order valence-corrected chi connectivity index (χ1v) is 16.3. The zero-order valence-corrected chi connectivity index (χ0v) is 26.7. The molecule has 5 heteroatoms. The number of nitriles is 3. The molecule has 0 amide bonds. The number of benzene rings is 7. The highest BCUT2D eigenvalue weighted by Gasteiger charge is 2.19. The van der Waals surface area contributed by atoms with Crippen LogP contribution in [0, 0.1) is 34.0 Å². The number of nitrogens with zero attached hydrogens (tertiary/aromatic N) is 5. The van der Waals surface area contributed by atoms with Crippen LogP contribution in [-0.4, -0.2) is 9.13 Å². The second-order valence-corrected chi connectivity index (χ2v) is 12.3. The zero-order chi connectivity index (χ0) is 33.8. The predicted molar refractivity (Wildman–Crippen MR) is 200 cm³/mol. The number of para-hydroxylation sites is 3. The molecule has 0 saturated carbocycles. The molecule has 2 aromatic heterocycles. The fourth-order valence-corrected chi connectivity index (χ4v) is 7.47. The van der Waals surface area contributed by atoms with Gasteiger partial charge in [-0.1, -0.05) is 84.9 Å². The van der Waals surface area contributed by atoms with E-state index in [1.807, 2.05) is 91.0 Å². The van der Waals surface area contributed by atoms with Crippen LogP contribution in [0.2, 0.25) is 0 Å². The lowest BCUT2D eigenvalue weighted by Crippen LogP contribution is -1.98. The molecule has 0 aliphatic rings. The van der Waals surface area contributed by atoms with Crippen LogP contribution in [0.15, 0.2) is 152 Å². The van der Waals surface area contributed by atoms with E-state index in [-0.39, 0.29) is 0 Å². The third kappa shape index (κ3) is 4.31. The van der Waals surface area contributed by atoms with E-state index in [0.717, 1.165) is 77.2 Å². The van der Waals surface area contributed by atoms with Crippen LogP contribution >= 0.6 is 0 Å². The SMILES string of the molecule is N#Cc1ccc2c(c1)c1ccccc1n2-c1cccc(-c2ccc(-c3ccccc3-n3c4ccccc4c4c(C#N)cccc43)cc2C#N)c1. The Hall–Kier alpha value is -7.39. The molecular weight excluding hydrogens is 611 g/mol. The largest absolute Gasteiger partial charge is 0.309 e. The van der Waals surface area contributed by atoms with Gasteiger partial charge in [0, 0.05) is 32.8 Å². The minimum Gasteiger partial charge on any atom is -0.309 e. The number of hydrogen-bond acceptors (Lipinski definition) is 3. The molecule has 9 rings (SSSR count). The van der Waals surface area contributed by atoms with Gasteiger partial charge >= 0.3 is 0 Å². The van der Waals surface area contributed by atoms with Gasteiger partial charge in [0.15, 0.2) is 0 Å². The fourth-order valence-electron chi connectivity index (χ4n) is 7.47. The van der Waals surface area contributed by atoms with Crippen molar-refractivity contribution in [2.45, 2.75) is 0 Å². The van der Waals surface area contributed by atoms with Gasteiger partial charge in [-0.25, -0.2) is 0 Å². The fraction of sp³-hybridized carbons (Fsp3) is 0. The molecule has 0 saturated heterocycles. The summed E-state index contributed by atoms with van der Waals surface area (Å²) in [5.41, 5.74) is 11.5. The summed E-state index contributed by atoms with van der Waals surface area (Å²) >= 11 is 0. The standard InChI is InChI=1S/C45H25N5/c46-26-29-19-22-43-39(23-29)37-13-2-5-16-41(37)49(43)34-11-7-9-30(25-34)35-21-20-31(24-33(35)28-48)36-12-1-4-15-40(36)50-42-17-6-3-14-38(42)45-32(27-47)10-8-18-44(45)50/h1-25H. The molecule has 0 unspecified atom stereocenters. The topological polar surface area (TPSA) is 81.2 Å². The third-order valence-corrected chi connectivity index (χ3v) is 9.63. The normalized spacial score (nSPS) is 11.1. The second-order valence-electron chi connectivity index (χ2n) is 12.3. The zero-order valence-electron chi connectivity index (χ0n) is 26.7. The molecule has 0 radical (unpaired) electrons. The molecule has 50 heavy (non-hydrogen) atoms. The smallest absolute Gasteiger partial charge is 0.0998 e. The molecule has 7 aromatic carbocycles. The van der Waals surface area contributed by atoms with E-state index in [9.17, 15) is 15.8 Å².